The van der Waals surface area contributed by atoms with E-state index in [1.54, 1.807) is 13.8 Å². The summed E-state index contributed by atoms with van der Waals surface area (Å²) in [5.41, 5.74) is 0.374. The number of aromatic nitrogens is 1. The molecule has 1 N–H and O–H groups in total. The van der Waals surface area contributed by atoms with Crippen LogP contribution in [0.25, 0.3) is 5.76 Å². The lowest BCUT2D eigenvalue weighted by Gasteiger charge is -2.12. The van der Waals surface area contributed by atoms with Gasteiger partial charge in [-0.2, -0.15) is 0 Å². The molecule has 0 aliphatic heterocycles. The van der Waals surface area contributed by atoms with Crippen molar-refractivity contribution >= 4 is 52.7 Å². The fourth-order valence-corrected chi connectivity index (χ4v) is 2.57. The number of halogens is 3. The summed E-state index contributed by atoms with van der Waals surface area (Å²) < 4.78 is 4.96. The number of aliphatic hydroxyl groups excluding tert-OH is 1. The summed E-state index contributed by atoms with van der Waals surface area (Å²) in [6.45, 7) is 3.43. The van der Waals surface area contributed by atoms with Crippen LogP contribution in [0.4, 0.5) is 0 Å². The Morgan fingerprint density at radius 2 is 2.04 bits per heavy atom. The van der Waals surface area contributed by atoms with Crippen LogP contribution in [0.2, 0.25) is 15.2 Å². The van der Waals surface area contributed by atoms with E-state index in [1.807, 2.05) is 0 Å². The molecule has 0 bridgehead atoms. The van der Waals surface area contributed by atoms with Gasteiger partial charge in [-0.25, -0.2) is 9.78 Å². The topological polar surface area (TPSA) is 71.8 Å². The molecule has 0 radical (unpaired) electrons. The molecule has 8 heteroatoms. The van der Waals surface area contributed by atoms with E-state index in [9.17, 15) is 9.90 Å². The number of pyridine rings is 1. The number of esters is 1. The number of rotatable bonds is 5. The molecule has 2 rings (SSSR count). The lowest BCUT2D eigenvalue weighted by molar-refractivity contribution is -0.137. The maximum absolute atomic E-state index is 12.1. The Labute approximate surface area is 148 Å². The highest BCUT2D eigenvalue weighted by Crippen LogP contribution is 2.36. The number of ether oxygens (including phenoxy) is 1. The first-order valence-electron chi connectivity index (χ1n) is 7.01. The third-order valence-corrected chi connectivity index (χ3v) is 4.38. The van der Waals surface area contributed by atoms with E-state index in [4.69, 9.17) is 39.5 Å². The van der Waals surface area contributed by atoms with Gasteiger partial charge in [0.25, 0.3) is 0 Å². The Bertz CT molecular complexity index is 698. The number of carbonyl (C=O) groups is 1. The molecule has 23 heavy (non-hydrogen) atoms. The van der Waals surface area contributed by atoms with Gasteiger partial charge in [-0.15, -0.1) is 0 Å². The third-order valence-electron chi connectivity index (χ3n) is 3.17. The molecular formula is C15H15Cl3N2O3. The molecule has 1 saturated carbocycles. The molecule has 0 aromatic carbocycles. The van der Waals surface area contributed by atoms with Gasteiger partial charge in [0.2, 0.25) is 0 Å². The number of nitrogens with zero attached hydrogens (tertiary/aromatic N) is 2. The van der Waals surface area contributed by atoms with Crippen molar-refractivity contribution < 1.29 is 14.6 Å². The molecule has 0 amide bonds. The number of aliphatic hydroxyl groups is 1. The second-order valence-electron chi connectivity index (χ2n) is 4.98. The average molecular weight is 378 g/mol. The lowest BCUT2D eigenvalue weighted by atomic mass is 10.1. The van der Waals surface area contributed by atoms with Crippen LogP contribution in [-0.4, -0.2) is 34.9 Å². The Kier molecular flexibility index (Phi) is 5.89. The number of carbonyl (C=O) groups excluding carboxylic acids is 1. The van der Waals surface area contributed by atoms with Crippen LogP contribution in [0, 0.1) is 6.92 Å². The van der Waals surface area contributed by atoms with E-state index in [1.165, 1.54) is 6.21 Å². The van der Waals surface area contributed by atoms with Gasteiger partial charge in [0.05, 0.1) is 34.0 Å². The van der Waals surface area contributed by atoms with Gasteiger partial charge in [-0.3, -0.25) is 4.99 Å². The van der Waals surface area contributed by atoms with Gasteiger partial charge < -0.3 is 9.84 Å². The van der Waals surface area contributed by atoms with Crippen LogP contribution >= 0.6 is 34.8 Å². The van der Waals surface area contributed by atoms with Crippen molar-refractivity contribution in [2.24, 2.45) is 4.99 Å². The lowest BCUT2D eigenvalue weighted by Crippen LogP contribution is -2.12. The predicted molar refractivity (Wildman–Crippen MR) is 91.7 cm³/mol. The second kappa shape index (κ2) is 7.51. The SMILES string of the molecule is CCOC(=O)C(C=NC1CC1)=C(O)c1c(C)nc(Cl)c(Cl)c1Cl. The number of aliphatic imine (C=N–C) groups is 1. The zero-order chi connectivity index (χ0) is 17.1. The average Bonchev–Trinajstić information content (AvgIpc) is 3.29. The largest absolute Gasteiger partial charge is 0.506 e. The smallest absolute Gasteiger partial charge is 0.343 e. The Morgan fingerprint density at radius 1 is 1.39 bits per heavy atom. The molecule has 1 aliphatic carbocycles. The number of hydrogen-bond donors (Lipinski definition) is 1. The molecule has 0 atom stereocenters. The zero-order valence-electron chi connectivity index (χ0n) is 12.6. The molecule has 0 spiro atoms. The minimum atomic E-state index is -0.698. The van der Waals surface area contributed by atoms with Crippen molar-refractivity contribution in [3.05, 3.63) is 32.0 Å². The van der Waals surface area contributed by atoms with Crippen LogP contribution in [-0.2, 0) is 9.53 Å². The molecule has 1 aliphatic rings. The highest BCUT2D eigenvalue weighted by atomic mass is 35.5. The maximum Gasteiger partial charge on any atom is 0.343 e. The molecule has 1 aromatic rings. The van der Waals surface area contributed by atoms with Gasteiger partial charge in [-0.1, -0.05) is 34.8 Å². The summed E-state index contributed by atoms with van der Waals surface area (Å²) >= 11 is 18.0. The summed E-state index contributed by atoms with van der Waals surface area (Å²) in [6, 6.07) is 0.177. The summed E-state index contributed by atoms with van der Waals surface area (Å²) in [7, 11) is 0. The molecular weight excluding hydrogens is 363 g/mol. The highest BCUT2D eigenvalue weighted by Gasteiger charge is 2.25. The predicted octanol–water partition coefficient (Wildman–Crippen LogP) is 4.42. The first kappa shape index (κ1) is 18.0. The fourth-order valence-electron chi connectivity index (χ4n) is 1.84. The zero-order valence-corrected chi connectivity index (χ0v) is 14.8. The monoisotopic (exact) mass is 376 g/mol. The molecule has 0 saturated heterocycles. The Hall–Kier alpha value is -1.30. The van der Waals surface area contributed by atoms with Crippen LogP contribution in [0.5, 0.6) is 0 Å². The van der Waals surface area contributed by atoms with Crippen LogP contribution in [0.3, 0.4) is 0 Å². The number of hydrogen-bond acceptors (Lipinski definition) is 5. The van der Waals surface area contributed by atoms with E-state index in [0.717, 1.165) is 12.8 Å². The van der Waals surface area contributed by atoms with Crippen molar-refractivity contribution in [2.75, 3.05) is 6.61 Å². The first-order chi connectivity index (χ1) is 10.9. The first-order valence-corrected chi connectivity index (χ1v) is 8.15. The van der Waals surface area contributed by atoms with Gasteiger partial charge in [-0.05, 0) is 26.7 Å². The molecule has 0 unspecified atom stereocenters. The summed E-state index contributed by atoms with van der Waals surface area (Å²) in [5, 5.41) is 10.6. The van der Waals surface area contributed by atoms with Crippen molar-refractivity contribution in [3.8, 4) is 0 Å². The molecule has 1 heterocycles. The summed E-state index contributed by atoms with van der Waals surface area (Å²) in [6.07, 6.45) is 3.23. The molecule has 5 nitrogen and oxygen atoms in total. The van der Waals surface area contributed by atoms with E-state index in [2.05, 4.69) is 9.98 Å². The van der Waals surface area contributed by atoms with Crippen molar-refractivity contribution in [1.29, 1.82) is 0 Å². The van der Waals surface area contributed by atoms with Crippen LogP contribution in [0.1, 0.15) is 31.0 Å². The molecule has 1 aromatic heterocycles. The molecule has 124 valence electrons. The van der Waals surface area contributed by atoms with E-state index < -0.39 is 5.97 Å². The van der Waals surface area contributed by atoms with Gasteiger partial charge in [0.1, 0.15) is 16.5 Å². The van der Waals surface area contributed by atoms with E-state index in [0.29, 0.717) is 5.69 Å². The number of aryl methyl sites for hydroxylation is 1. The maximum atomic E-state index is 12.1. The second-order valence-corrected chi connectivity index (χ2v) is 6.10. The standard InChI is InChI=1S/C15H15Cl3N2O3/c1-3-23-15(22)9(6-19-8-4-5-8)13(21)10-7(2)20-14(18)12(17)11(10)16/h6,8,21H,3-5H2,1-2H3. The Balaban J connectivity index is 2.57. The minimum absolute atomic E-state index is 0.00261. The van der Waals surface area contributed by atoms with Gasteiger partial charge in [0, 0.05) is 6.21 Å². The van der Waals surface area contributed by atoms with E-state index >= 15 is 0 Å². The molecule has 1 fully saturated rings. The summed E-state index contributed by atoms with van der Waals surface area (Å²) in [5.74, 6) is -1.09. The van der Waals surface area contributed by atoms with Gasteiger partial charge >= 0.3 is 5.97 Å². The van der Waals surface area contributed by atoms with Crippen molar-refractivity contribution in [1.82, 2.24) is 4.98 Å². The van der Waals surface area contributed by atoms with Crippen LogP contribution < -0.4 is 0 Å². The third kappa shape index (κ3) is 4.16. The summed E-state index contributed by atoms with van der Waals surface area (Å²) in [4.78, 5) is 20.3. The fraction of sp³-hybridized carbons (Fsp3) is 0.400. The quantitative estimate of drug-likeness (QED) is 0.271. The normalized spacial score (nSPS) is 15.7. The van der Waals surface area contributed by atoms with Gasteiger partial charge in [0.15, 0.2) is 0 Å². The Morgan fingerprint density at radius 3 is 2.61 bits per heavy atom. The highest BCUT2D eigenvalue weighted by molar-refractivity contribution is 6.48. The van der Waals surface area contributed by atoms with Crippen molar-refractivity contribution in [3.63, 3.8) is 0 Å². The van der Waals surface area contributed by atoms with Crippen LogP contribution in [0.15, 0.2) is 10.6 Å². The van der Waals surface area contributed by atoms with Crippen molar-refractivity contribution in [2.45, 2.75) is 32.7 Å². The van der Waals surface area contributed by atoms with E-state index in [-0.39, 0.29) is 44.7 Å². The minimum Gasteiger partial charge on any atom is -0.506 e.